The van der Waals surface area contributed by atoms with Gasteiger partial charge in [-0.05, 0) is 60.6 Å². The van der Waals surface area contributed by atoms with Gasteiger partial charge < -0.3 is 19.9 Å². The Labute approximate surface area is 212 Å². The molecule has 1 aliphatic carbocycles. The average molecular weight is 500 g/mol. The molecule has 1 fully saturated rings. The predicted molar refractivity (Wildman–Crippen MR) is 136 cm³/mol. The summed E-state index contributed by atoms with van der Waals surface area (Å²) in [6, 6.07) is 10.5. The van der Waals surface area contributed by atoms with Gasteiger partial charge in [-0.1, -0.05) is 57.6 Å². The van der Waals surface area contributed by atoms with Crippen molar-refractivity contribution >= 4 is 29.2 Å². The number of hydrogen-bond acceptors (Lipinski definition) is 5. The molecule has 0 radical (unpaired) electrons. The second-order valence-corrected chi connectivity index (χ2v) is 11.0. The molecule has 1 aliphatic heterocycles. The van der Waals surface area contributed by atoms with Gasteiger partial charge in [-0.25, -0.2) is 4.79 Å². The molecule has 0 saturated heterocycles. The SMILES string of the molecule is COc1ccc(Cl)cc1C(C)(C)CC(O)(CC1CCCCC1)C(=O)Nc1ccc2c(c1)COC2=O. The summed E-state index contributed by atoms with van der Waals surface area (Å²) in [5.74, 6) is 0.150. The zero-order valence-electron chi connectivity index (χ0n) is 20.7. The number of ether oxygens (including phenoxy) is 2. The second-order valence-electron chi connectivity index (χ2n) is 10.5. The molecular weight excluding hydrogens is 466 g/mol. The van der Waals surface area contributed by atoms with Crippen LogP contribution in [0.25, 0.3) is 0 Å². The normalized spacial score (nSPS) is 17.9. The highest BCUT2D eigenvalue weighted by Crippen LogP contribution is 2.42. The molecule has 1 heterocycles. The molecule has 7 heteroatoms. The third-order valence-electron chi connectivity index (χ3n) is 7.34. The van der Waals surface area contributed by atoms with Crippen LogP contribution in [-0.4, -0.2) is 29.7 Å². The average Bonchev–Trinajstić information content (AvgIpc) is 3.19. The van der Waals surface area contributed by atoms with Gasteiger partial charge in [0, 0.05) is 21.8 Å². The smallest absolute Gasteiger partial charge is 0.338 e. The van der Waals surface area contributed by atoms with E-state index in [2.05, 4.69) is 5.32 Å². The van der Waals surface area contributed by atoms with Crippen molar-refractivity contribution in [1.82, 2.24) is 0 Å². The number of fused-ring (bicyclic) bond motifs is 1. The fraction of sp³-hybridized carbons (Fsp3) is 0.500. The minimum Gasteiger partial charge on any atom is -0.496 e. The van der Waals surface area contributed by atoms with Crippen molar-refractivity contribution in [2.24, 2.45) is 5.92 Å². The van der Waals surface area contributed by atoms with Gasteiger partial charge in [0.15, 0.2) is 0 Å². The largest absolute Gasteiger partial charge is 0.496 e. The monoisotopic (exact) mass is 499 g/mol. The summed E-state index contributed by atoms with van der Waals surface area (Å²) < 4.78 is 10.7. The Kier molecular flexibility index (Phi) is 7.43. The van der Waals surface area contributed by atoms with Crippen molar-refractivity contribution in [3.63, 3.8) is 0 Å². The summed E-state index contributed by atoms with van der Waals surface area (Å²) in [5, 5.41) is 15.5. The van der Waals surface area contributed by atoms with Crippen LogP contribution in [0.15, 0.2) is 36.4 Å². The molecule has 0 spiro atoms. The van der Waals surface area contributed by atoms with E-state index in [1.165, 1.54) is 6.42 Å². The van der Waals surface area contributed by atoms with E-state index in [1.807, 2.05) is 26.0 Å². The van der Waals surface area contributed by atoms with Crippen LogP contribution in [0.3, 0.4) is 0 Å². The highest BCUT2D eigenvalue weighted by molar-refractivity contribution is 6.30. The van der Waals surface area contributed by atoms with E-state index in [4.69, 9.17) is 21.1 Å². The van der Waals surface area contributed by atoms with Crippen LogP contribution >= 0.6 is 11.6 Å². The van der Waals surface area contributed by atoms with E-state index in [0.29, 0.717) is 28.4 Å². The molecule has 2 aromatic carbocycles. The first-order valence-electron chi connectivity index (χ1n) is 12.3. The van der Waals surface area contributed by atoms with Crippen molar-refractivity contribution in [3.8, 4) is 5.75 Å². The first-order valence-corrected chi connectivity index (χ1v) is 12.7. The number of carbonyl (C=O) groups is 2. The number of rotatable bonds is 8. The van der Waals surface area contributed by atoms with Crippen molar-refractivity contribution in [2.75, 3.05) is 12.4 Å². The van der Waals surface area contributed by atoms with Crippen LogP contribution in [0.5, 0.6) is 5.75 Å². The highest BCUT2D eigenvalue weighted by Gasteiger charge is 2.44. The van der Waals surface area contributed by atoms with Crippen LogP contribution in [0.4, 0.5) is 5.69 Å². The number of nitrogens with one attached hydrogen (secondary N) is 1. The fourth-order valence-electron chi connectivity index (χ4n) is 5.61. The summed E-state index contributed by atoms with van der Waals surface area (Å²) in [7, 11) is 1.60. The van der Waals surface area contributed by atoms with Gasteiger partial charge in [0.25, 0.3) is 5.91 Å². The number of anilines is 1. The van der Waals surface area contributed by atoms with Crippen LogP contribution in [0, 0.1) is 5.92 Å². The number of halogens is 1. The van der Waals surface area contributed by atoms with Gasteiger partial charge >= 0.3 is 5.97 Å². The topological polar surface area (TPSA) is 84.9 Å². The van der Waals surface area contributed by atoms with Crippen LogP contribution in [0.1, 0.15) is 80.3 Å². The van der Waals surface area contributed by atoms with Gasteiger partial charge in [0.2, 0.25) is 0 Å². The number of cyclic esters (lactones) is 1. The first-order chi connectivity index (χ1) is 16.6. The maximum atomic E-state index is 13.7. The third kappa shape index (κ3) is 5.65. The molecule has 6 nitrogen and oxygen atoms in total. The van der Waals surface area contributed by atoms with E-state index in [9.17, 15) is 14.7 Å². The van der Waals surface area contributed by atoms with E-state index in [0.717, 1.165) is 36.8 Å². The number of methoxy groups -OCH3 is 1. The Hall–Kier alpha value is -2.57. The van der Waals surface area contributed by atoms with Gasteiger partial charge in [-0.2, -0.15) is 0 Å². The van der Waals surface area contributed by atoms with Crippen LogP contribution in [-0.2, 0) is 21.6 Å². The number of benzene rings is 2. The van der Waals surface area contributed by atoms with E-state index >= 15 is 0 Å². The fourth-order valence-corrected chi connectivity index (χ4v) is 5.78. The number of amides is 1. The van der Waals surface area contributed by atoms with E-state index < -0.39 is 16.9 Å². The lowest BCUT2D eigenvalue weighted by atomic mass is 9.70. The zero-order chi connectivity index (χ0) is 25.2. The predicted octanol–water partition coefficient (Wildman–Crippen LogP) is 6.03. The van der Waals surface area contributed by atoms with Gasteiger partial charge in [0.1, 0.15) is 18.0 Å². The maximum Gasteiger partial charge on any atom is 0.338 e. The molecule has 2 aliphatic rings. The third-order valence-corrected chi connectivity index (χ3v) is 7.58. The molecule has 2 N–H and O–H groups in total. The summed E-state index contributed by atoms with van der Waals surface area (Å²) in [5.41, 5.74) is 0.407. The maximum absolute atomic E-state index is 13.7. The molecule has 188 valence electrons. The molecule has 1 amide bonds. The minimum atomic E-state index is -1.61. The lowest BCUT2D eigenvalue weighted by Crippen LogP contribution is -2.48. The van der Waals surface area contributed by atoms with Crippen molar-refractivity contribution in [2.45, 2.75) is 76.4 Å². The Morgan fingerprint density at radius 3 is 2.63 bits per heavy atom. The standard InChI is InChI=1S/C28H34ClNO5/c1-27(2,23-14-20(29)9-12-24(23)34-3)17-28(33,15-18-7-5-4-6-8-18)26(32)30-21-10-11-22-19(13-21)16-35-25(22)31/h9-14,18,33H,4-8,15-17H2,1-3H3,(H,30,32). The molecule has 4 rings (SSSR count). The molecule has 1 unspecified atom stereocenters. The van der Waals surface area contributed by atoms with Crippen molar-refractivity contribution in [1.29, 1.82) is 0 Å². The van der Waals surface area contributed by atoms with Crippen LogP contribution < -0.4 is 10.1 Å². The zero-order valence-corrected chi connectivity index (χ0v) is 21.4. The molecule has 35 heavy (non-hydrogen) atoms. The Balaban J connectivity index is 1.62. The Bertz CT molecular complexity index is 1110. The molecule has 0 bridgehead atoms. The lowest BCUT2D eigenvalue weighted by Gasteiger charge is -2.39. The second kappa shape index (κ2) is 10.2. The summed E-state index contributed by atoms with van der Waals surface area (Å²) in [4.78, 5) is 25.5. The molecule has 2 aromatic rings. The van der Waals surface area contributed by atoms with Gasteiger partial charge in [0.05, 0.1) is 12.7 Å². The molecule has 1 atom stereocenters. The van der Waals surface area contributed by atoms with E-state index in [-0.39, 0.29) is 24.9 Å². The molecule has 0 aromatic heterocycles. The minimum absolute atomic E-state index is 0.186. The molecule has 1 saturated carbocycles. The van der Waals surface area contributed by atoms with Crippen molar-refractivity contribution in [3.05, 3.63) is 58.1 Å². The summed E-state index contributed by atoms with van der Waals surface area (Å²) in [6.07, 6.45) is 6.04. The quantitative estimate of drug-likeness (QED) is 0.433. The number of aliphatic hydroxyl groups is 1. The first kappa shape index (κ1) is 25.5. The lowest BCUT2D eigenvalue weighted by molar-refractivity contribution is -0.138. The number of hydrogen-bond donors (Lipinski definition) is 2. The summed E-state index contributed by atoms with van der Waals surface area (Å²) in [6.45, 7) is 4.18. The summed E-state index contributed by atoms with van der Waals surface area (Å²) >= 11 is 6.30. The Morgan fingerprint density at radius 1 is 1.17 bits per heavy atom. The van der Waals surface area contributed by atoms with Gasteiger partial charge in [-0.15, -0.1) is 0 Å². The highest BCUT2D eigenvalue weighted by atomic mass is 35.5. The molecular formula is C28H34ClNO5. The van der Waals surface area contributed by atoms with Crippen LogP contribution in [0.2, 0.25) is 5.02 Å². The van der Waals surface area contributed by atoms with Crippen molar-refractivity contribution < 1.29 is 24.2 Å². The Morgan fingerprint density at radius 2 is 1.91 bits per heavy atom. The number of esters is 1. The van der Waals surface area contributed by atoms with E-state index in [1.54, 1.807) is 31.4 Å². The number of carbonyl (C=O) groups excluding carboxylic acids is 2. The van der Waals surface area contributed by atoms with Gasteiger partial charge in [-0.3, -0.25) is 4.79 Å².